The highest BCUT2D eigenvalue weighted by molar-refractivity contribution is 7.89. The Morgan fingerprint density at radius 1 is 1.18 bits per heavy atom. The number of ether oxygens (including phenoxy) is 1. The summed E-state index contributed by atoms with van der Waals surface area (Å²) in [6.45, 7) is 0.922. The van der Waals surface area contributed by atoms with Gasteiger partial charge in [-0.3, -0.25) is 4.79 Å². The van der Waals surface area contributed by atoms with Crippen molar-refractivity contribution in [3.63, 3.8) is 0 Å². The molecule has 1 atom stereocenters. The topological polar surface area (TPSA) is 113 Å². The Morgan fingerprint density at radius 3 is 2.50 bits per heavy atom. The first-order valence-electron chi connectivity index (χ1n) is 8.76. The third-order valence-corrected chi connectivity index (χ3v) is 7.92. The van der Waals surface area contributed by atoms with Crippen molar-refractivity contribution in [3.05, 3.63) is 24.0 Å². The number of anilines is 1. The van der Waals surface area contributed by atoms with Crippen molar-refractivity contribution < 1.29 is 30.8 Å². The lowest BCUT2D eigenvalue weighted by molar-refractivity contribution is -0.119. The van der Waals surface area contributed by atoms with Crippen LogP contribution in [-0.2, 0) is 29.6 Å². The second-order valence-corrected chi connectivity index (χ2v) is 10.5. The summed E-state index contributed by atoms with van der Waals surface area (Å²) in [5.74, 6) is -1.51. The summed E-state index contributed by atoms with van der Waals surface area (Å²) in [7, 11) is -7.63. The van der Waals surface area contributed by atoms with E-state index in [0.717, 1.165) is 27.0 Å². The minimum atomic E-state index is -4.08. The number of sulfonamides is 2. The van der Waals surface area contributed by atoms with Crippen molar-refractivity contribution in [2.75, 3.05) is 44.4 Å². The van der Waals surface area contributed by atoms with E-state index in [1.165, 1.54) is 6.07 Å². The summed E-state index contributed by atoms with van der Waals surface area (Å²) in [6, 6.07) is 2.38. The Labute approximate surface area is 163 Å². The molecule has 0 saturated carbocycles. The van der Waals surface area contributed by atoms with Gasteiger partial charge in [0.05, 0.1) is 19.5 Å². The second-order valence-electron chi connectivity index (χ2n) is 6.68. The van der Waals surface area contributed by atoms with Crippen molar-refractivity contribution in [2.24, 2.45) is 0 Å². The van der Waals surface area contributed by atoms with E-state index in [9.17, 15) is 26.0 Å². The molecule has 3 rings (SSSR count). The molecule has 1 amide bonds. The van der Waals surface area contributed by atoms with Gasteiger partial charge >= 0.3 is 0 Å². The van der Waals surface area contributed by atoms with Crippen LogP contribution in [0.25, 0.3) is 0 Å². The number of amides is 1. The lowest BCUT2D eigenvalue weighted by Gasteiger charge is -2.26. The summed E-state index contributed by atoms with van der Waals surface area (Å²) in [4.78, 5) is 12.0. The predicted octanol–water partition coefficient (Wildman–Crippen LogP) is 0.209. The van der Waals surface area contributed by atoms with Crippen molar-refractivity contribution in [1.82, 2.24) is 8.61 Å². The standard InChI is InChI=1S/C16H22FN3O6S2/c1-27(22,23)20-6-2-3-14(20)16(21)18-12-4-5-13(17)15(11-12)28(24,25)19-7-9-26-10-8-19/h4-5,11,14H,2-3,6-10H2,1H3,(H,18,21). The molecule has 9 nitrogen and oxygen atoms in total. The molecule has 156 valence electrons. The average Bonchev–Trinajstić information content (AvgIpc) is 3.14. The van der Waals surface area contributed by atoms with E-state index in [-0.39, 0.29) is 38.5 Å². The van der Waals surface area contributed by atoms with Crippen LogP contribution in [0.15, 0.2) is 23.1 Å². The molecule has 2 fully saturated rings. The Hall–Kier alpha value is -1.60. The molecular weight excluding hydrogens is 413 g/mol. The van der Waals surface area contributed by atoms with Gasteiger partial charge in [0.2, 0.25) is 26.0 Å². The molecule has 1 aromatic carbocycles. The van der Waals surface area contributed by atoms with Gasteiger partial charge in [0.25, 0.3) is 0 Å². The van der Waals surface area contributed by atoms with Gasteiger partial charge in [0.1, 0.15) is 16.8 Å². The third-order valence-electron chi connectivity index (χ3n) is 4.72. The zero-order valence-electron chi connectivity index (χ0n) is 15.3. The Balaban J connectivity index is 1.82. The fourth-order valence-electron chi connectivity index (χ4n) is 3.33. The number of morpholine rings is 1. The van der Waals surface area contributed by atoms with E-state index in [0.29, 0.717) is 12.8 Å². The van der Waals surface area contributed by atoms with E-state index in [4.69, 9.17) is 4.74 Å². The molecule has 1 N–H and O–H groups in total. The van der Waals surface area contributed by atoms with Gasteiger partial charge in [-0.25, -0.2) is 21.2 Å². The number of halogens is 1. The molecular formula is C16H22FN3O6S2. The highest BCUT2D eigenvalue weighted by atomic mass is 32.2. The smallest absolute Gasteiger partial charge is 0.246 e. The number of nitrogens with zero attached hydrogens (tertiary/aromatic N) is 2. The number of hydrogen-bond acceptors (Lipinski definition) is 6. The Bertz CT molecular complexity index is 961. The van der Waals surface area contributed by atoms with Crippen LogP contribution < -0.4 is 5.32 Å². The van der Waals surface area contributed by atoms with Crippen LogP contribution in [0.3, 0.4) is 0 Å². The zero-order chi connectivity index (χ0) is 20.5. The molecule has 2 saturated heterocycles. The quantitative estimate of drug-likeness (QED) is 0.707. The van der Waals surface area contributed by atoms with Crippen LogP contribution in [0.1, 0.15) is 12.8 Å². The number of hydrogen-bond donors (Lipinski definition) is 1. The number of benzene rings is 1. The maximum Gasteiger partial charge on any atom is 0.246 e. The number of rotatable bonds is 5. The summed E-state index contributed by atoms with van der Waals surface area (Å²) < 4.78 is 70.6. The molecule has 0 radical (unpaired) electrons. The number of nitrogens with one attached hydrogen (secondary N) is 1. The van der Waals surface area contributed by atoms with E-state index in [2.05, 4.69) is 5.32 Å². The molecule has 28 heavy (non-hydrogen) atoms. The largest absolute Gasteiger partial charge is 0.379 e. The van der Waals surface area contributed by atoms with Crippen molar-refractivity contribution in [3.8, 4) is 0 Å². The van der Waals surface area contributed by atoms with Crippen molar-refractivity contribution in [1.29, 1.82) is 0 Å². The number of carbonyl (C=O) groups is 1. The van der Waals surface area contributed by atoms with E-state index >= 15 is 0 Å². The molecule has 12 heteroatoms. The summed E-state index contributed by atoms with van der Waals surface area (Å²) in [5, 5.41) is 2.51. The number of carbonyl (C=O) groups excluding carboxylic acids is 1. The highest BCUT2D eigenvalue weighted by Gasteiger charge is 2.36. The second kappa shape index (κ2) is 8.03. The van der Waals surface area contributed by atoms with Gasteiger partial charge in [0.15, 0.2) is 0 Å². The molecule has 2 aliphatic rings. The normalized spacial score (nSPS) is 22.3. The molecule has 1 aromatic rings. The molecule has 2 aliphatic heterocycles. The highest BCUT2D eigenvalue weighted by Crippen LogP contribution is 2.26. The molecule has 1 unspecified atom stereocenters. The third kappa shape index (κ3) is 4.35. The maximum absolute atomic E-state index is 14.2. The van der Waals surface area contributed by atoms with Crippen LogP contribution in [-0.4, -0.2) is 76.5 Å². The van der Waals surface area contributed by atoms with Gasteiger partial charge < -0.3 is 10.1 Å². The van der Waals surface area contributed by atoms with E-state index < -0.39 is 42.7 Å². The maximum atomic E-state index is 14.2. The van der Waals surface area contributed by atoms with Crippen LogP contribution in [0.2, 0.25) is 0 Å². The minimum Gasteiger partial charge on any atom is -0.379 e. The van der Waals surface area contributed by atoms with Crippen LogP contribution in [0.4, 0.5) is 10.1 Å². The molecule has 0 aliphatic carbocycles. The zero-order valence-corrected chi connectivity index (χ0v) is 16.9. The summed E-state index contributed by atoms with van der Waals surface area (Å²) in [5.41, 5.74) is 0.0820. The van der Waals surface area contributed by atoms with Gasteiger partial charge in [-0.1, -0.05) is 0 Å². The van der Waals surface area contributed by atoms with Crippen LogP contribution in [0, 0.1) is 5.82 Å². The first-order chi connectivity index (χ1) is 13.1. The minimum absolute atomic E-state index is 0.0820. The first kappa shape index (κ1) is 21.1. The molecule has 0 bridgehead atoms. The molecule has 2 heterocycles. The van der Waals surface area contributed by atoms with Gasteiger partial charge in [-0.2, -0.15) is 8.61 Å². The Kier molecular flexibility index (Phi) is 6.05. The fraction of sp³-hybridized carbons (Fsp3) is 0.562. The monoisotopic (exact) mass is 435 g/mol. The van der Waals surface area contributed by atoms with Gasteiger partial charge in [-0.15, -0.1) is 0 Å². The predicted molar refractivity (Wildman–Crippen MR) is 99.2 cm³/mol. The summed E-state index contributed by atoms with van der Waals surface area (Å²) in [6.07, 6.45) is 1.94. The Morgan fingerprint density at radius 2 is 1.86 bits per heavy atom. The average molecular weight is 435 g/mol. The lowest BCUT2D eigenvalue weighted by Crippen LogP contribution is -2.42. The first-order valence-corrected chi connectivity index (χ1v) is 12.0. The molecule has 0 aromatic heterocycles. The fourth-order valence-corrected chi connectivity index (χ4v) is 5.95. The SMILES string of the molecule is CS(=O)(=O)N1CCCC1C(=O)Nc1ccc(F)c(S(=O)(=O)N2CCOCC2)c1. The van der Waals surface area contributed by atoms with E-state index in [1.54, 1.807) is 0 Å². The lowest BCUT2D eigenvalue weighted by atomic mass is 10.2. The van der Waals surface area contributed by atoms with Crippen molar-refractivity contribution >= 4 is 31.6 Å². The molecule has 0 spiro atoms. The van der Waals surface area contributed by atoms with Crippen molar-refractivity contribution in [2.45, 2.75) is 23.8 Å². The summed E-state index contributed by atoms with van der Waals surface area (Å²) >= 11 is 0. The van der Waals surface area contributed by atoms with E-state index in [1.807, 2.05) is 0 Å². The van der Waals surface area contributed by atoms with Crippen LogP contribution >= 0.6 is 0 Å². The van der Waals surface area contributed by atoms with Gasteiger partial charge in [0, 0.05) is 25.3 Å². The van der Waals surface area contributed by atoms with Crippen LogP contribution in [0.5, 0.6) is 0 Å². The van der Waals surface area contributed by atoms with Gasteiger partial charge in [-0.05, 0) is 31.0 Å².